The van der Waals surface area contributed by atoms with Crippen molar-refractivity contribution in [3.8, 4) is 0 Å². The Morgan fingerprint density at radius 1 is 1.40 bits per heavy atom. The predicted molar refractivity (Wildman–Crippen MR) is 73.8 cm³/mol. The van der Waals surface area contributed by atoms with Crippen LogP contribution >= 0.6 is 10.7 Å². The standard InChI is InChI=1S/C13H16ClFO4S/c1-9(2)4-3-7-19-13(16)10-5-6-11(15)12(8-10)20(14,17)18/h5-6,8-9H,3-4,7H2,1-2H3. The summed E-state index contributed by atoms with van der Waals surface area (Å²) in [5, 5.41) is 0. The Morgan fingerprint density at radius 3 is 2.60 bits per heavy atom. The smallest absolute Gasteiger partial charge is 0.338 e. The quantitative estimate of drug-likeness (QED) is 0.458. The molecule has 4 nitrogen and oxygen atoms in total. The van der Waals surface area contributed by atoms with Gasteiger partial charge in [-0.2, -0.15) is 0 Å². The summed E-state index contributed by atoms with van der Waals surface area (Å²) in [6.45, 7) is 4.34. The van der Waals surface area contributed by atoms with Crippen molar-refractivity contribution in [2.75, 3.05) is 6.61 Å². The average molecular weight is 323 g/mol. The van der Waals surface area contributed by atoms with Gasteiger partial charge in [-0.3, -0.25) is 0 Å². The maximum Gasteiger partial charge on any atom is 0.338 e. The van der Waals surface area contributed by atoms with E-state index in [-0.39, 0.29) is 12.2 Å². The third kappa shape index (κ3) is 5.09. The molecule has 0 atom stereocenters. The van der Waals surface area contributed by atoms with E-state index in [2.05, 4.69) is 13.8 Å². The van der Waals surface area contributed by atoms with Gasteiger partial charge in [0.15, 0.2) is 0 Å². The van der Waals surface area contributed by atoms with Gasteiger partial charge in [0.2, 0.25) is 0 Å². The van der Waals surface area contributed by atoms with Crippen LogP contribution in [-0.2, 0) is 13.8 Å². The van der Waals surface area contributed by atoms with Crippen molar-refractivity contribution in [2.24, 2.45) is 5.92 Å². The van der Waals surface area contributed by atoms with E-state index in [0.29, 0.717) is 12.3 Å². The first-order valence-electron chi connectivity index (χ1n) is 6.13. The molecular weight excluding hydrogens is 307 g/mol. The van der Waals surface area contributed by atoms with Crippen molar-refractivity contribution < 1.29 is 22.3 Å². The molecule has 20 heavy (non-hydrogen) atoms. The Balaban J connectivity index is 2.75. The highest BCUT2D eigenvalue weighted by atomic mass is 35.7. The van der Waals surface area contributed by atoms with Crippen LogP contribution in [0.15, 0.2) is 23.1 Å². The van der Waals surface area contributed by atoms with E-state index < -0.39 is 25.7 Å². The van der Waals surface area contributed by atoms with Gasteiger partial charge < -0.3 is 4.74 Å². The second-order valence-electron chi connectivity index (χ2n) is 4.76. The Bertz CT molecular complexity index is 584. The molecule has 112 valence electrons. The van der Waals surface area contributed by atoms with Crippen LogP contribution in [0.1, 0.15) is 37.0 Å². The first-order chi connectivity index (χ1) is 9.21. The average Bonchev–Trinajstić information content (AvgIpc) is 2.33. The predicted octanol–water partition coefficient (Wildman–Crippen LogP) is 3.35. The molecule has 0 fully saturated rings. The number of hydrogen-bond donors (Lipinski definition) is 0. The summed E-state index contributed by atoms with van der Waals surface area (Å²) in [5.41, 5.74) is -0.0461. The molecule has 0 unspecified atom stereocenters. The van der Waals surface area contributed by atoms with Crippen molar-refractivity contribution in [1.29, 1.82) is 0 Å². The van der Waals surface area contributed by atoms with Crippen LogP contribution in [-0.4, -0.2) is 21.0 Å². The van der Waals surface area contributed by atoms with Crippen LogP contribution in [0.25, 0.3) is 0 Å². The largest absolute Gasteiger partial charge is 0.462 e. The van der Waals surface area contributed by atoms with Crippen LogP contribution in [0.2, 0.25) is 0 Å². The van der Waals surface area contributed by atoms with Gasteiger partial charge in [-0.05, 0) is 37.0 Å². The minimum absolute atomic E-state index is 0.0461. The summed E-state index contributed by atoms with van der Waals surface area (Å²) in [6.07, 6.45) is 1.63. The van der Waals surface area contributed by atoms with E-state index in [1.807, 2.05) is 0 Å². The molecule has 0 aliphatic rings. The van der Waals surface area contributed by atoms with Crippen molar-refractivity contribution in [1.82, 2.24) is 0 Å². The molecule has 0 aromatic heterocycles. The fourth-order valence-electron chi connectivity index (χ4n) is 1.56. The third-order valence-electron chi connectivity index (χ3n) is 2.59. The maximum atomic E-state index is 13.3. The molecule has 0 saturated carbocycles. The summed E-state index contributed by atoms with van der Waals surface area (Å²) < 4.78 is 40.6. The van der Waals surface area contributed by atoms with Crippen LogP contribution in [0, 0.1) is 11.7 Å². The van der Waals surface area contributed by atoms with Crippen LogP contribution < -0.4 is 0 Å². The maximum absolute atomic E-state index is 13.3. The second kappa shape index (κ2) is 7.04. The zero-order chi connectivity index (χ0) is 15.3. The first-order valence-corrected chi connectivity index (χ1v) is 8.44. The van der Waals surface area contributed by atoms with E-state index in [1.54, 1.807) is 0 Å². The normalized spacial score (nSPS) is 11.7. The fourth-order valence-corrected chi connectivity index (χ4v) is 2.48. The van der Waals surface area contributed by atoms with E-state index in [4.69, 9.17) is 15.4 Å². The second-order valence-corrected chi connectivity index (χ2v) is 7.29. The highest BCUT2D eigenvalue weighted by molar-refractivity contribution is 8.13. The topological polar surface area (TPSA) is 60.4 Å². The Morgan fingerprint density at radius 2 is 2.05 bits per heavy atom. The van der Waals surface area contributed by atoms with E-state index in [9.17, 15) is 17.6 Å². The molecule has 0 radical (unpaired) electrons. The van der Waals surface area contributed by atoms with E-state index >= 15 is 0 Å². The molecule has 1 aromatic rings. The molecular formula is C13H16ClFO4S. The van der Waals surface area contributed by atoms with Gasteiger partial charge in [0, 0.05) is 10.7 Å². The lowest BCUT2D eigenvalue weighted by molar-refractivity contribution is 0.0494. The summed E-state index contributed by atoms with van der Waals surface area (Å²) in [7, 11) is 0.846. The molecule has 1 rings (SSSR count). The number of carbonyl (C=O) groups is 1. The monoisotopic (exact) mass is 322 g/mol. The molecule has 0 amide bonds. The summed E-state index contributed by atoms with van der Waals surface area (Å²) in [5.74, 6) is -1.20. The minimum Gasteiger partial charge on any atom is -0.462 e. The van der Waals surface area contributed by atoms with Gasteiger partial charge in [-0.1, -0.05) is 13.8 Å². The van der Waals surface area contributed by atoms with Gasteiger partial charge >= 0.3 is 5.97 Å². The molecule has 0 aliphatic heterocycles. The highest BCUT2D eigenvalue weighted by Gasteiger charge is 2.19. The Labute approximate surface area is 122 Å². The lowest BCUT2D eigenvalue weighted by Crippen LogP contribution is -2.08. The number of hydrogen-bond acceptors (Lipinski definition) is 4. The minimum atomic E-state index is -4.24. The van der Waals surface area contributed by atoms with Gasteiger partial charge in [-0.25, -0.2) is 17.6 Å². The number of rotatable bonds is 6. The summed E-state index contributed by atoms with van der Waals surface area (Å²) in [6, 6.07) is 2.91. The lowest BCUT2D eigenvalue weighted by atomic mass is 10.1. The Hall–Kier alpha value is -1.14. The number of benzene rings is 1. The van der Waals surface area contributed by atoms with Crippen molar-refractivity contribution >= 4 is 25.7 Å². The summed E-state index contributed by atoms with van der Waals surface area (Å²) >= 11 is 0. The molecule has 0 heterocycles. The van der Waals surface area contributed by atoms with Gasteiger partial charge in [0.25, 0.3) is 9.05 Å². The van der Waals surface area contributed by atoms with Crippen LogP contribution in [0.4, 0.5) is 4.39 Å². The van der Waals surface area contributed by atoms with Gasteiger partial charge in [0.05, 0.1) is 12.2 Å². The highest BCUT2D eigenvalue weighted by Crippen LogP contribution is 2.20. The molecule has 0 N–H and O–H groups in total. The van der Waals surface area contributed by atoms with Crippen LogP contribution in [0.3, 0.4) is 0 Å². The zero-order valence-electron chi connectivity index (χ0n) is 11.2. The molecule has 7 heteroatoms. The molecule has 0 aliphatic carbocycles. The van der Waals surface area contributed by atoms with Gasteiger partial charge in [0.1, 0.15) is 10.7 Å². The van der Waals surface area contributed by atoms with Crippen LogP contribution in [0.5, 0.6) is 0 Å². The zero-order valence-corrected chi connectivity index (χ0v) is 12.8. The Kier molecular flexibility index (Phi) is 5.95. The summed E-state index contributed by atoms with van der Waals surface area (Å²) in [4.78, 5) is 11.0. The third-order valence-corrected chi connectivity index (χ3v) is 3.93. The van der Waals surface area contributed by atoms with E-state index in [1.165, 1.54) is 0 Å². The number of esters is 1. The molecule has 0 saturated heterocycles. The van der Waals surface area contributed by atoms with E-state index in [0.717, 1.165) is 24.6 Å². The number of carbonyl (C=O) groups excluding carboxylic acids is 1. The number of halogens is 2. The number of ether oxygens (including phenoxy) is 1. The molecule has 0 bridgehead atoms. The van der Waals surface area contributed by atoms with Crippen molar-refractivity contribution in [2.45, 2.75) is 31.6 Å². The van der Waals surface area contributed by atoms with Gasteiger partial charge in [-0.15, -0.1) is 0 Å². The molecule has 1 aromatic carbocycles. The lowest BCUT2D eigenvalue weighted by Gasteiger charge is -2.07. The van der Waals surface area contributed by atoms with Crippen molar-refractivity contribution in [3.05, 3.63) is 29.6 Å². The van der Waals surface area contributed by atoms with Crippen molar-refractivity contribution in [3.63, 3.8) is 0 Å². The molecule has 0 spiro atoms. The first kappa shape index (κ1) is 16.9. The fraction of sp³-hybridized carbons (Fsp3) is 0.462. The SMILES string of the molecule is CC(C)CCCOC(=O)c1ccc(F)c(S(=O)(=O)Cl)c1.